The normalized spacial score (nSPS) is 16.7. The number of carbonyl (C=O) groups is 2. The third-order valence-corrected chi connectivity index (χ3v) is 7.26. The molecule has 35 heavy (non-hydrogen) atoms. The molecule has 1 aliphatic heterocycles. The van der Waals surface area contributed by atoms with E-state index in [-0.39, 0.29) is 17.3 Å². The van der Waals surface area contributed by atoms with Crippen LogP contribution in [-0.2, 0) is 22.4 Å². The zero-order valence-electron chi connectivity index (χ0n) is 18.6. The third kappa shape index (κ3) is 5.99. The third-order valence-electron chi connectivity index (χ3n) is 5.47. The average molecular weight is 550 g/mol. The van der Waals surface area contributed by atoms with Crippen molar-refractivity contribution in [2.45, 2.75) is 18.1 Å². The first kappa shape index (κ1) is 24.7. The quantitative estimate of drug-likeness (QED) is 0.317. The van der Waals surface area contributed by atoms with E-state index in [0.29, 0.717) is 30.1 Å². The maximum Gasteiger partial charge on any atom is 0.264 e. The van der Waals surface area contributed by atoms with Crippen LogP contribution in [0.1, 0.15) is 11.1 Å². The number of hydrogen-bond acceptors (Lipinski definition) is 4. The van der Waals surface area contributed by atoms with Gasteiger partial charge in [0, 0.05) is 16.7 Å². The topological polar surface area (TPSA) is 73.2 Å². The molecule has 0 spiro atoms. The lowest BCUT2D eigenvalue weighted by Gasteiger charge is -2.19. The van der Waals surface area contributed by atoms with Crippen molar-refractivity contribution in [2.75, 3.05) is 11.4 Å². The van der Waals surface area contributed by atoms with Gasteiger partial charge in [-0.05, 0) is 60.4 Å². The summed E-state index contributed by atoms with van der Waals surface area (Å²) in [5.74, 6) is -1.11. The van der Waals surface area contributed by atoms with Gasteiger partial charge in [-0.2, -0.15) is 5.26 Å². The van der Waals surface area contributed by atoms with E-state index in [0.717, 1.165) is 15.6 Å². The maximum absolute atomic E-state index is 13.5. The van der Waals surface area contributed by atoms with Crippen molar-refractivity contribution in [3.05, 3.63) is 111 Å². The number of amides is 2. The van der Waals surface area contributed by atoms with Crippen LogP contribution >= 0.6 is 27.7 Å². The molecular formula is C27H21BrFN3O2S. The number of benzene rings is 3. The van der Waals surface area contributed by atoms with E-state index in [1.165, 1.54) is 28.8 Å². The highest BCUT2D eigenvalue weighted by Gasteiger charge is 2.40. The maximum atomic E-state index is 13.5. The second-order valence-corrected chi connectivity index (χ2v) is 9.98. The molecule has 0 radical (unpaired) electrons. The minimum atomic E-state index is -0.556. The van der Waals surface area contributed by atoms with E-state index in [4.69, 9.17) is 0 Å². The van der Waals surface area contributed by atoms with E-state index >= 15 is 0 Å². The second kappa shape index (κ2) is 11.3. The van der Waals surface area contributed by atoms with E-state index in [2.05, 4.69) is 21.2 Å². The Kier molecular flexibility index (Phi) is 8.01. The molecule has 0 bridgehead atoms. The molecule has 0 aliphatic carbocycles. The van der Waals surface area contributed by atoms with Gasteiger partial charge in [-0.25, -0.2) is 4.39 Å². The number of nitrogens with zero attached hydrogens (tertiary/aromatic N) is 2. The summed E-state index contributed by atoms with van der Waals surface area (Å²) in [5.41, 5.74) is 2.31. The van der Waals surface area contributed by atoms with E-state index < -0.39 is 11.2 Å². The molecule has 1 atom stereocenters. The number of carbonyl (C=O) groups excluding carboxylic acids is 2. The van der Waals surface area contributed by atoms with Gasteiger partial charge in [-0.15, -0.1) is 0 Å². The fourth-order valence-electron chi connectivity index (χ4n) is 3.70. The van der Waals surface area contributed by atoms with Crippen LogP contribution in [0.3, 0.4) is 0 Å². The van der Waals surface area contributed by atoms with Gasteiger partial charge in [0.1, 0.15) is 22.5 Å². The summed E-state index contributed by atoms with van der Waals surface area (Å²) in [5, 5.41) is 12.5. The van der Waals surface area contributed by atoms with Gasteiger partial charge in [0.05, 0.1) is 5.25 Å². The fraction of sp³-hybridized carbons (Fsp3) is 0.148. The number of anilines is 1. The average Bonchev–Trinajstić information content (AvgIpc) is 3.17. The van der Waals surface area contributed by atoms with Crippen LogP contribution in [0.5, 0.6) is 0 Å². The molecule has 1 saturated heterocycles. The largest absolute Gasteiger partial charge is 0.351 e. The molecule has 1 fully saturated rings. The molecule has 1 N–H and O–H groups in total. The number of nitriles is 1. The van der Waals surface area contributed by atoms with Gasteiger partial charge in [0.25, 0.3) is 5.91 Å². The highest BCUT2D eigenvalue weighted by Crippen LogP contribution is 2.42. The number of rotatable bonds is 7. The van der Waals surface area contributed by atoms with Crippen LogP contribution in [0.25, 0.3) is 0 Å². The molecule has 0 aromatic heterocycles. The van der Waals surface area contributed by atoms with Crippen LogP contribution in [0.2, 0.25) is 0 Å². The number of nitrogens with one attached hydrogen (secondary N) is 1. The van der Waals surface area contributed by atoms with Gasteiger partial charge in [-0.1, -0.05) is 70.2 Å². The number of halogens is 2. The summed E-state index contributed by atoms with van der Waals surface area (Å²) in [6.45, 7) is 0.358. The lowest BCUT2D eigenvalue weighted by atomic mass is 10.1. The minimum absolute atomic E-state index is 0.110. The Balaban J connectivity index is 1.61. The van der Waals surface area contributed by atoms with Crippen molar-refractivity contribution in [3.63, 3.8) is 0 Å². The Bertz CT molecular complexity index is 1290. The summed E-state index contributed by atoms with van der Waals surface area (Å²) in [6, 6.07) is 24.8. The first-order valence-corrected chi connectivity index (χ1v) is 12.6. The zero-order chi connectivity index (χ0) is 24.8. The molecule has 3 aromatic rings. The molecule has 1 aliphatic rings. The summed E-state index contributed by atoms with van der Waals surface area (Å²) in [7, 11) is 0. The second-order valence-electron chi connectivity index (χ2n) is 7.87. The summed E-state index contributed by atoms with van der Waals surface area (Å²) >= 11 is 4.57. The first-order chi connectivity index (χ1) is 17.0. The van der Waals surface area contributed by atoms with Crippen molar-refractivity contribution in [1.29, 1.82) is 5.26 Å². The fourth-order valence-corrected chi connectivity index (χ4v) is 5.27. The lowest BCUT2D eigenvalue weighted by molar-refractivity contribution is -0.117. The van der Waals surface area contributed by atoms with Gasteiger partial charge in [0.15, 0.2) is 0 Å². The van der Waals surface area contributed by atoms with E-state index in [9.17, 15) is 19.2 Å². The molecule has 176 valence electrons. The molecule has 0 unspecified atom stereocenters. The van der Waals surface area contributed by atoms with Gasteiger partial charge < -0.3 is 5.32 Å². The van der Waals surface area contributed by atoms with Crippen LogP contribution in [0.15, 0.2) is 93.9 Å². The van der Waals surface area contributed by atoms with Crippen LogP contribution < -0.4 is 10.2 Å². The Hall–Kier alpha value is -3.41. The van der Waals surface area contributed by atoms with E-state index in [1.807, 2.05) is 36.4 Å². The molecule has 5 nitrogen and oxygen atoms in total. The molecule has 8 heteroatoms. The van der Waals surface area contributed by atoms with Crippen molar-refractivity contribution in [3.8, 4) is 6.07 Å². The van der Waals surface area contributed by atoms with Crippen LogP contribution in [-0.4, -0.2) is 23.6 Å². The minimum Gasteiger partial charge on any atom is -0.351 e. The van der Waals surface area contributed by atoms with Crippen molar-refractivity contribution >= 4 is 45.2 Å². The zero-order valence-corrected chi connectivity index (χ0v) is 21.0. The Morgan fingerprint density at radius 3 is 2.37 bits per heavy atom. The summed E-state index contributed by atoms with van der Waals surface area (Å²) in [6.07, 6.45) is 0.963. The van der Waals surface area contributed by atoms with Crippen molar-refractivity contribution in [2.24, 2.45) is 0 Å². The first-order valence-electron chi connectivity index (χ1n) is 10.9. The Labute approximate surface area is 215 Å². The number of hydrogen-bond donors (Lipinski definition) is 1. The van der Waals surface area contributed by atoms with E-state index in [1.54, 1.807) is 36.4 Å². The summed E-state index contributed by atoms with van der Waals surface area (Å²) in [4.78, 5) is 27.9. The molecule has 0 saturated carbocycles. The highest BCUT2D eigenvalue weighted by molar-refractivity contribution is 9.10. The monoisotopic (exact) mass is 549 g/mol. The van der Waals surface area contributed by atoms with Crippen molar-refractivity contribution < 1.29 is 14.0 Å². The molecule has 1 heterocycles. The molecule has 2 amide bonds. The molecule has 3 aromatic carbocycles. The smallest absolute Gasteiger partial charge is 0.264 e. The Morgan fingerprint density at radius 1 is 1.03 bits per heavy atom. The SMILES string of the molecule is N#C/C(C(=O)NCCc1ccccc1)=C1/S[C@H](Cc2ccc(F)cc2)C(=O)N1c1ccc(Br)cc1. The Morgan fingerprint density at radius 2 is 1.71 bits per heavy atom. The van der Waals surface area contributed by atoms with Crippen LogP contribution in [0.4, 0.5) is 10.1 Å². The predicted octanol–water partition coefficient (Wildman–Crippen LogP) is 5.37. The van der Waals surface area contributed by atoms with Gasteiger partial charge >= 0.3 is 0 Å². The number of thioether (sulfide) groups is 1. The molecular weight excluding hydrogens is 529 g/mol. The van der Waals surface area contributed by atoms with Crippen LogP contribution in [0, 0.1) is 17.1 Å². The lowest BCUT2D eigenvalue weighted by Crippen LogP contribution is -2.32. The molecule has 4 rings (SSSR count). The predicted molar refractivity (Wildman–Crippen MR) is 139 cm³/mol. The standard InChI is InChI=1S/C27H21BrFN3O2S/c28-20-8-12-22(13-9-20)32-26(34)24(16-19-6-10-21(29)11-7-19)35-27(32)23(17-30)25(33)31-15-14-18-4-2-1-3-5-18/h1-13,24H,14-16H2,(H,31,33)/b27-23-/t24-/m1/s1. The van der Waals surface area contributed by atoms with Gasteiger partial charge in [0.2, 0.25) is 5.91 Å². The highest BCUT2D eigenvalue weighted by atomic mass is 79.9. The van der Waals surface area contributed by atoms with Gasteiger partial charge in [-0.3, -0.25) is 14.5 Å². The van der Waals surface area contributed by atoms with Crippen molar-refractivity contribution in [1.82, 2.24) is 5.32 Å². The summed E-state index contributed by atoms with van der Waals surface area (Å²) < 4.78 is 14.2.